The number of para-hydroxylation sites is 1. The number of carbonyl (C=O) groups excluding carboxylic acids is 8. The van der Waals surface area contributed by atoms with Crippen LogP contribution in [0.25, 0.3) is 10.9 Å². The van der Waals surface area contributed by atoms with Crippen molar-refractivity contribution in [2.45, 2.75) is 128 Å². The summed E-state index contributed by atoms with van der Waals surface area (Å²) in [6.45, 7) is 3.66. The molecular formula is C99H94ClN13O18S5. The van der Waals surface area contributed by atoms with Gasteiger partial charge >= 0.3 is 0 Å². The van der Waals surface area contributed by atoms with Gasteiger partial charge in [0.2, 0.25) is 81.4 Å². The van der Waals surface area contributed by atoms with Gasteiger partial charge in [0.25, 0.3) is 0 Å². The number of hydrogen-bond donors (Lipinski definition) is 11. The molecule has 0 saturated heterocycles. The van der Waals surface area contributed by atoms with Gasteiger partial charge in [-0.25, -0.2) is 38.7 Å². The molecule has 5 heterocycles. The Balaban J connectivity index is 0.000000145. The summed E-state index contributed by atoms with van der Waals surface area (Å²) in [7, 11) is -13.2. The van der Waals surface area contributed by atoms with Gasteiger partial charge in [-0.1, -0.05) is 163 Å². The Bertz CT molecular complexity index is 7160. The number of aromatic nitrogens is 2. The molecule has 11 N–H and O–H groups in total. The first-order valence-corrected chi connectivity index (χ1v) is 50.1. The normalized spacial score (nSPS) is 14.2. The number of aryl methyl sites for hydroxylation is 6. The summed E-state index contributed by atoms with van der Waals surface area (Å²) in [5, 5.41) is 22.7. The molecule has 37 heteroatoms. The lowest BCUT2D eigenvalue weighted by Crippen LogP contribution is -2.45. The van der Waals surface area contributed by atoms with Crippen molar-refractivity contribution < 1.29 is 81.5 Å². The van der Waals surface area contributed by atoms with E-state index in [1.54, 1.807) is 145 Å². The Kier molecular flexibility index (Phi) is 31.7. The molecule has 1 aliphatic carbocycles. The smallest absolute Gasteiger partial charge is 0.247 e. The van der Waals surface area contributed by atoms with Crippen LogP contribution in [0.15, 0.2) is 292 Å². The molecule has 4 atom stereocenters. The molecule has 0 bridgehead atoms. The summed E-state index contributed by atoms with van der Waals surface area (Å²) in [5.74, 6) is -1.30. The molecule has 7 amide bonds. The van der Waals surface area contributed by atoms with Crippen LogP contribution in [0.5, 0.6) is 11.5 Å². The molecule has 0 fully saturated rings. The molecule has 0 saturated carbocycles. The number of anilines is 7. The second kappa shape index (κ2) is 44.0. The minimum Gasteiger partial charge on any atom is -0.497 e. The fourth-order valence-electron chi connectivity index (χ4n) is 15.3. The van der Waals surface area contributed by atoms with Crippen LogP contribution in [-0.4, -0.2) is 117 Å². The highest BCUT2D eigenvalue weighted by molar-refractivity contribution is 7.90. The first kappa shape index (κ1) is 98.0. The number of ether oxygens (including phenoxy) is 2. The highest BCUT2D eigenvalue weighted by Crippen LogP contribution is 2.35. The van der Waals surface area contributed by atoms with Gasteiger partial charge in [-0.3, -0.25) is 43.3 Å². The van der Waals surface area contributed by atoms with Crippen LogP contribution in [0.1, 0.15) is 99.1 Å². The number of ketones is 1. The number of fused-ring (bicyclic) bond motifs is 5. The van der Waals surface area contributed by atoms with E-state index in [1.807, 2.05) is 98.8 Å². The van der Waals surface area contributed by atoms with E-state index < -0.39 is 87.9 Å². The maximum atomic E-state index is 13.6. The lowest BCUT2D eigenvalue weighted by Gasteiger charge is -2.21. The molecule has 17 rings (SSSR count). The van der Waals surface area contributed by atoms with Crippen molar-refractivity contribution in [2.24, 2.45) is 0 Å². The van der Waals surface area contributed by atoms with E-state index in [9.17, 15) is 72.0 Å². The Morgan fingerprint density at radius 3 is 1.30 bits per heavy atom. The molecule has 3 aliphatic heterocycles. The fraction of sp³-hybridized carbons (Fsp3) is 0.192. The van der Waals surface area contributed by atoms with E-state index in [0.29, 0.717) is 112 Å². The van der Waals surface area contributed by atoms with Gasteiger partial charge in [-0.15, -0.1) is 11.3 Å². The van der Waals surface area contributed by atoms with Crippen LogP contribution >= 0.6 is 22.9 Å². The van der Waals surface area contributed by atoms with Crippen molar-refractivity contribution in [3.8, 4) is 11.5 Å². The fourth-order valence-corrected chi connectivity index (χ4v) is 21.0. The van der Waals surface area contributed by atoms with E-state index in [1.165, 1.54) is 68.0 Å². The van der Waals surface area contributed by atoms with Crippen LogP contribution in [0.4, 0.5) is 39.3 Å². The molecule has 0 spiro atoms. The SMILES string of the molecule is COc1cc(NC(=O)C(NS(=O)(=O)c2ccc3c(c2)CCC(=O)N3)c2ccccc2)cc(OC)c1.Cc1cc(NC(=O)C(Cc2ccccc2)NS(=O)(=O)c2ccc3c(c2)CCC(=O)C3)c2ccccc2n1.Cc1ccc(Cl)cc1NC(=O)C(NS(=O)(=O)c1ccc2c(c1)CCC(=O)N2)c1ccccc1.O=C1CCc2cc(S(=O)(=O)NC(Cc3ccccc3)C(=O)Nc3nccs3)ccc2N1. The molecule has 700 valence electrons. The zero-order valence-electron chi connectivity index (χ0n) is 73.7. The number of sulfonamides is 4. The lowest BCUT2D eigenvalue weighted by molar-refractivity contribution is -0.119. The third-order valence-corrected chi connectivity index (χ3v) is 29.1. The van der Waals surface area contributed by atoms with Gasteiger partial charge in [-0.05, 0) is 199 Å². The number of rotatable bonds is 28. The zero-order chi connectivity index (χ0) is 96.4. The van der Waals surface area contributed by atoms with E-state index in [0.717, 1.165) is 61.1 Å². The van der Waals surface area contributed by atoms with E-state index in [2.05, 4.69) is 66.1 Å². The Morgan fingerprint density at radius 2 is 0.831 bits per heavy atom. The number of hydrogen-bond acceptors (Lipinski definition) is 21. The maximum Gasteiger partial charge on any atom is 0.247 e. The van der Waals surface area contributed by atoms with Crippen molar-refractivity contribution in [1.82, 2.24) is 28.9 Å². The quantitative estimate of drug-likeness (QED) is 0.0217. The molecule has 136 heavy (non-hydrogen) atoms. The van der Waals surface area contributed by atoms with Gasteiger partial charge in [0, 0.05) is 106 Å². The molecule has 0 radical (unpaired) electrons. The molecule has 4 unspecified atom stereocenters. The Hall–Kier alpha value is -14.1. The summed E-state index contributed by atoms with van der Waals surface area (Å²) < 4.78 is 127. The van der Waals surface area contributed by atoms with Crippen LogP contribution < -0.4 is 65.6 Å². The molecule has 4 aliphatic rings. The van der Waals surface area contributed by atoms with Crippen LogP contribution in [0.2, 0.25) is 5.02 Å². The van der Waals surface area contributed by atoms with Crippen molar-refractivity contribution >= 4 is 160 Å². The zero-order valence-corrected chi connectivity index (χ0v) is 78.6. The van der Waals surface area contributed by atoms with E-state index in [4.69, 9.17) is 21.1 Å². The van der Waals surface area contributed by atoms with Crippen LogP contribution in [0.3, 0.4) is 0 Å². The average Bonchev–Trinajstić information content (AvgIpc) is 1.28. The average molecular weight is 1950 g/mol. The molecule has 11 aromatic carbocycles. The van der Waals surface area contributed by atoms with Crippen molar-refractivity contribution in [2.75, 3.05) is 51.4 Å². The van der Waals surface area contributed by atoms with Crippen molar-refractivity contribution in [1.29, 1.82) is 0 Å². The first-order valence-electron chi connectivity index (χ1n) is 42.9. The molecule has 2 aromatic heterocycles. The largest absolute Gasteiger partial charge is 0.497 e. The van der Waals surface area contributed by atoms with E-state index in [-0.39, 0.29) is 68.8 Å². The van der Waals surface area contributed by atoms with Gasteiger partial charge in [0.05, 0.1) is 45.0 Å². The molecule has 13 aromatic rings. The van der Waals surface area contributed by atoms with Crippen molar-refractivity contribution in [3.05, 3.63) is 339 Å². The lowest BCUT2D eigenvalue weighted by atomic mass is 9.91. The van der Waals surface area contributed by atoms with Gasteiger partial charge in [-0.2, -0.15) is 18.9 Å². The second-order valence-electron chi connectivity index (χ2n) is 32.1. The summed E-state index contributed by atoms with van der Waals surface area (Å²) >= 11 is 7.31. The molecule has 31 nitrogen and oxygen atoms in total. The van der Waals surface area contributed by atoms with Gasteiger partial charge in [0.1, 0.15) is 41.4 Å². The summed E-state index contributed by atoms with van der Waals surface area (Å²) in [6, 6.07) is 68.7. The predicted molar refractivity (Wildman–Crippen MR) is 520 cm³/mol. The number of methoxy groups -OCH3 is 2. The highest BCUT2D eigenvalue weighted by atomic mass is 35.5. The number of carbonyl (C=O) groups is 8. The first-order chi connectivity index (χ1) is 65.2. The number of pyridine rings is 1. The maximum absolute atomic E-state index is 13.6. The van der Waals surface area contributed by atoms with Gasteiger partial charge in [0.15, 0.2) is 5.13 Å². The summed E-state index contributed by atoms with van der Waals surface area (Å²) in [6.07, 6.45) is 5.37. The number of thiazole rings is 1. The second-order valence-corrected chi connectivity index (χ2v) is 40.3. The Labute approximate surface area is 795 Å². The van der Waals surface area contributed by atoms with Gasteiger partial charge < -0.3 is 46.7 Å². The third-order valence-electron chi connectivity index (χ3n) is 22.4. The number of Topliss-reactive ketones (excluding diaryl/α,β-unsaturated/α-hetero) is 1. The molecular weight excluding hydrogens is 1850 g/mol. The van der Waals surface area contributed by atoms with Crippen LogP contribution in [-0.2, 0) is 123 Å². The summed E-state index contributed by atoms with van der Waals surface area (Å²) in [4.78, 5) is 108. The number of nitrogens with one attached hydrogen (secondary N) is 11. The number of benzene rings is 11. The minimum absolute atomic E-state index is 0.00387. The van der Waals surface area contributed by atoms with E-state index >= 15 is 0 Å². The minimum atomic E-state index is -4.09. The number of nitrogens with zero attached hydrogens (tertiary/aromatic N) is 2. The standard InChI is InChI=1S/C29H27N3O4S.C25H25N3O6S.C24H22ClN3O4S.C21H20N4O4S2/c1-19-15-27(25-9-5-6-10-26(25)30-19)31-29(34)28(16-20-7-3-2-4-8-20)32-37(35,36)24-14-12-21-17-23(33)13-11-22(21)18-24;1-33-19-13-18(14-20(15-19)34-2)26-25(30)24(16-6-4-3-5-7-16)28-35(31,32)21-9-10-22-17(12-21)8-11-23(29)27-22;1-15-7-9-18(25)14-21(15)27-24(30)23(16-5-3-2-4-6-16)28-33(31,32)19-10-11-20-17(13-19)8-12-22(29)26-20;26-19-9-6-15-13-16(7-8-17(15)23-19)31(28,29)25-18(12-14-4-2-1-3-5-14)20(27)24-21-22-10-11-30-21/h2-10,12,14-15,18,28,32H,11,13,16-17H2,1H3,(H,30,31,34);3-7,9-10,12-15,24,28H,8,11H2,1-2H3,(H,26,30)(H,27,29);2-7,9-11,13-14,23,28H,8,12H2,1H3,(H,26,29)(H,27,30);1-5,7-8,10-11,13,18,25H,6,9,12H2,(H,23,26)(H,22,24,27). The number of amides is 7. The monoisotopic (exact) mass is 1950 g/mol. The highest BCUT2D eigenvalue weighted by Gasteiger charge is 2.35. The van der Waals surface area contributed by atoms with Crippen molar-refractivity contribution in [3.63, 3.8) is 0 Å². The van der Waals surface area contributed by atoms with Crippen LogP contribution in [0, 0.1) is 13.8 Å². The summed E-state index contributed by atoms with van der Waals surface area (Å²) in [5.41, 5.74) is 12.0. The third kappa shape index (κ3) is 25.7. The topological polar surface area (TPSA) is 450 Å². The Morgan fingerprint density at radius 1 is 0.412 bits per heavy atom. The predicted octanol–water partition coefficient (Wildman–Crippen LogP) is 14.1. The number of halogens is 1.